The van der Waals surface area contributed by atoms with E-state index >= 15 is 0 Å². The average molecular weight is 236 g/mol. The monoisotopic (exact) mass is 236 g/mol. The Morgan fingerprint density at radius 1 is 1.53 bits per heavy atom. The van der Waals surface area contributed by atoms with Gasteiger partial charge in [-0.05, 0) is 37.0 Å². The number of hydrogen-bond acceptors (Lipinski definition) is 3. The zero-order chi connectivity index (χ0) is 12.5. The van der Waals surface area contributed by atoms with Gasteiger partial charge < -0.3 is 14.9 Å². The minimum absolute atomic E-state index is 0.327. The molecule has 4 nitrogen and oxygen atoms in total. The first-order valence-electron chi connectivity index (χ1n) is 5.66. The number of ether oxygens (including phenoxy) is 1. The van der Waals surface area contributed by atoms with Crippen molar-refractivity contribution in [3.05, 3.63) is 29.3 Å². The number of aliphatic carboxylic acids is 1. The summed E-state index contributed by atoms with van der Waals surface area (Å²) >= 11 is 0. The van der Waals surface area contributed by atoms with Gasteiger partial charge in [-0.25, -0.2) is 4.79 Å². The standard InChI is InChI=1S/C13H16O4/c1-13(16)6-5-10-9(7-13)3-2-4-11(10)17-8-12(14)15/h2-4,16H,5-8H2,1H3,(H,14,15). The number of fused-ring (bicyclic) bond motifs is 1. The van der Waals surface area contributed by atoms with Crippen LogP contribution in [0.4, 0.5) is 0 Å². The molecule has 0 spiro atoms. The van der Waals surface area contributed by atoms with Crippen molar-refractivity contribution in [3.63, 3.8) is 0 Å². The van der Waals surface area contributed by atoms with Crippen molar-refractivity contribution < 1.29 is 19.7 Å². The Hall–Kier alpha value is -1.55. The lowest BCUT2D eigenvalue weighted by Gasteiger charge is -2.30. The second-order valence-electron chi connectivity index (χ2n) is 4.75. The molecule has 2 rings (SSSR count). The van der Waals surface area contributed by atoms with Gasteiger partial charge in [-0.3, -0.25) is 0 Å². The molecule has 1 atom stereocenters. The zero-order valence-electron chi connectivity index (χ0n) is 9.77. The Labute approximate surface area is 99.8 Å². The van der Waals surface area contributed by atoms with E-state index in [4.69, 9.17) is 9.84 Å². The molecular weight excluding hydrogens is 220 g/mol. The van der Waals surface area contributed by atoms with Crippen LogP contribution in [-0.4, -0.2) is 28.4 Å². The molecule has 1 unspecified atom stereocenters. The molecule has 92 valence electrons. The Morgan fingerprint density at radius 3 is 3.00 bits per heavy atom. The largest absolute Gasteiger partial charge is 0.482 e. The molecule has 4 heteroatoms. The van der Waals surface area contributed by atoms with E-state index in [9.17, 15) is 9.90 Å². The van der Waals surface area contributed by atoms with Gasteiger partial charge in [0.1, 0.15) is 5.75 Å². The summed E-state index contributed by atoms with van der Waals surface area (Å²) in [5, 5.41) is 18.6. The molecular formula is C13H16O4. The van der Waals surface area contributed by atoms with E-state index in [0.717, 1.165) is 17.5 Å². The number of carbonyl (C=O) groups is 1. The van der Waals surface area contributed by atoms with Crippen LogP contribution >= 0.6 is 0 Å². The van der Waals surface area contributed by atoms with E-state index < -0.39 is 11.6 Å². The van der Waals surface area contributed by atoms with Crippen molar-refractivity contribution >= 4 is 5.97 Å². The van der Waals surface area contributed by atoms with Gasteiger partial charge in [0.15, 0.2) is 6.61 Å². The van der Waals surface area contributed by atoms with Gasteiger partial charge in [-0.15, -0.1) is 0 Å². The van der Waals surface area contributed by atoms with Gasteiger partial charge in [0, 0.05) is 6.42 Å². The summed E-state index contributed by atoms with van der Waals surface area (Å²) in [6.45, 7) is 1.49. The normalized spacial score (nSPS) is 22.9. The molecule has 0 heterocycles. The predicted octanol–water partition coefficient (Wildman–Crippen LogP) is 1.39. The van der Waals surface area contributed by atoms with E-state index in [1.807, 2.05) is 19.1 Å². The maximum absolute atomic E-state index is 10.5. The summed E-state index contributed by atoms with van der Waals surface area (Å²) in [6.07, 6.45) is 1.98. The molecule has 2 N–H and O–H groups in total. The fourth-order valence-corrected chi connectivity index (χ4v) is 2.23. The number of carboxylic acids is 1. The summed E-state index contributed by atoms with van der Waals surface area (Å²) in [7, 11) is 0. The quantitative estimate of drug-likeness (QED) is 0.832. The van der Waals surface area contributed by atoms with Crippen LogP contribution in [0.1, 0.15) is 24.5 Å². The third-order valence-corrected chi connectivity index (χ3v) is 3.07. The predicted molar refractivity (Wildman–Crippen MR) is 62.2 cm³/mol. The van der Waals surface area contributed by atoms with Crippen LogP contribution in [0, 0.1) is 0 Å². The second-order valence-corrected chi connectivity index (χ2v) is 4.75. The van der Waals surface area contributed by atoms with Gasteiger partial charge in [0.05, 0.1) is 5.60 Å². The summed E-state index contributed by atoms with van der Waals surface area (Å²) in [5.41, 5.74) is 1.41. The van der Waals surface area contributed by atoms with E-state index in [1.54, 1.807) is 6.07 Å². The summed E-state index contributed by atoms with van der Waals surface area (Å²) in [5.74, 6) is -0.356. The molecule has 0 saturated carbocycles. The van der Waals surface area contributed by atoms with Crippen LogP contribution in [0.25, 0.3) is 0 Å². The zero-order valence-corrected chi connectivity index (χ0v) is 9.77. The molecule has 0 aromatic heterocycles. The minimum atomic E-state index is -0.981. The molecule has 0 saturated heterocycles. The Bertz CT molecular complexity index is 437. The first kappa shape index (κ1) is 11.9. The van der Waals surface area contributed by atoms with E-state index in [1.165, 1.54) is 0 Å². The van der Waals surface area contributed by atoms with Crippen LogP contribution in [0.5, 0.6) is 5.75 Å². The fourth-order valence-electron chi connectivity index (χ4n) is 2.23. The lowest BCUT2D eigenvalue weighted by molar-refractivity contribution is -0.139. The SMILES string of the molecule is CC1(O)CCc2c(cccc2OCC(=O)O)C1. The van der Waals surface area contributed by atoms with Crippen LogP contribution in [0.3, 0.4) is 0 Å². The third kappa shape index (κ3) is 2.77. The van der Waals surface area contributed by atoms with Crippen LogP contribution < -0.4 is 4.74 Å². The van der Waals surface area contributed by atoms with E-state index in [2.05, 4.69) is 0 Å². The van der Waals surface area contributed by atoms with Gasteiger partial charge >= 0.3 is 5.97 Å². The van der Waals surface area contributed by atoms with Crippen LogP contribution in [-0.2, 0) is 17.6 Å². The topological polar surface area (TPSA) is 66.8 Å². The van der Waals surface area contributed by atoms with Crippen molar-refractivity contribution in [2.75, 3.05) is 6.61 Å². The van der Waals surface area contributed by atoms with Crippen molar-refractivity contribution in [2.24, 2.45) is 0 Å². The smallest absolute Gasteiger partial charge is 0.341 e. The van der Waals surface area contributed by atoms with Crippen molar-refractivity contribution in [2.45, 2.75) is 31.8 Å². The van der Waals surface area contributed by atoms with Gasteiger partial charge in [-0.1, -0.05) is 12.1 Å². The maximum atomic E-state index is 10.5. The molecule has 0 bridgehead atoms. The Morgan fingerprint density at radius 2 is 2.29 bits per heavy atom. The van der Waals surface area contributed by atoms with Crippen molar-refractivity contribution in [1.82, 2.24) is 0 Å². The average Bonchev–Trinajstić information content (AvgIpc) is 2.24. The lowest BCUT2D eigenvalue weighted by Crippen LogP contribution is -2.32. The second kappa shape index (κ2) is 4.37. The van der Waals surface area contributed by atoms with Gasteiger partial charge in [0.25, 0.3) is 0 Å². The highest BCUT2D eigenvalue weighted by Gasteiger charge is 2.28. The van der Waals surface area contributed by atoms with Crippen LogP contribution in [0.15, 0.2) is 18.2 Å². The van der Waals surface area contributed by atoms with Crippen molar-refractivity contribution in [3.8, 4) is 5.75 Å². The van der Waals surface area contributed by atoms with E-state index in [-0.39, 0.29) is 6.61 Å². The van der Waals surface area contributed by atoms with Crippen molar-refractivity contribution in [1.29, 1.82) is 0 Å². The van der Waals surface area contributed by atoms with Gasteiger partial charge in [-0.2, -0.15) is 0 Å². The maximum Gasteiger partial charge on any atom is 0.341 e. The minimum Gasteiger partial charge on any atom is -0.482 e. The first-order valence-corrected chi connectivity index (χ1v) is 5.66. The van der Waals surface area contributed by atoms with E-state index in [0.29, 0.717) is 18.6 Å². The molecule has 17 heavy (non-hydrogen) atoms. The highest BCUT2D eigenvalue weighted by atomic mass is 16.5. The number of aliphatic hydroxyl groups is 1. The summed E-state index contributed by atoms with van der Waals surface area (Å²) in [4.78, 5) is 10.5. The number of hydrogen-bond donors (Lipinski definition) is 2. The highest BCUT2D eigenvalue weighted by Crippen LogP contribution is 2.33. The molecule has 0 radical (unpaired) electrons. The molecule has 1 aromatic rings. The Kier molecular flexibility index (Phi) is 3.07. The number of carboxylic acid groups (broad SMARTS) is 1. The molecule has 1 aliphatic rings. The lowest BCUT2D eigenvalue weighted by atomic mass is 9.81. The summed E-state index contributed by atoms with van der Waals surface area (Å²) < 4.78 is 5.25. The third-order valence-electron chi connectivity index (χ3n) is 3.07. The van der Waals surface area contributed by atoms with Gasteiger partial charge in [0.2, 0.25) is 0 Å². The molecule has 0 aliphatic heterocycles. The highest BCUT2D eigenvalue weighted by molar-refractivity contribution is 5.68. The first-order chi connectivity index (χ1) is 7.98. The Balaban J connectivity index is 2.23. The molecule has 0 amide bonds. The summed E-state index contributed by atoms with van der Waals surface area (Å²) in [6, 6.07) is 5.57. The number of benzene rings is 1. The van der Waals surface area contributed by atoms with Crippen LogP contribution in [0.2, 0.25) is 0 Å². The molecule has 0 fully saturated rings. The fraction of sp³-hybridized carbons (Fsp3) is 0.462. The number of rotatable bonds is 3. The molecule has 1 aliphatic carbocycles. The molecule has 1 aromatic carbocycles.